The van der Waals surface area contributed by atoms with Gasteiger partial charge in [-0.3, -0.25) is 19.1 Å². The topological polar surface area (TPSA) is 90.2 Å². The van der Waals surface area contributed by atoms with Crippen LogP contribution in [0.5, 0.6) is 0 Å². The summed E-state index contributed by atoms with van der Waals surface area (Å²) in [6.07, 6.45) is 5.88. The molecule has 1 aliphatic rings. The van der Waals surface area contributed by atoms with Gasteiger partial charge in [-0.25, -0.2) is 4.79 Å². The van der Waals surface area contributed by atoms with Crippen molar-refractivity contribution in [1.82, 2.24) is 14.1 Å². The molecule has 7 nitrogen and oxygen atoms in total. The molecule has 1 aromatic carbocycles. The van der Waals surface area contributed by atoms with Gasteiger partial charge < -0.3 is 11.1 Å². The quantitative estimate of drug-likeness (QED) is 0.343. The number of aryl methyl sites for hydroxylation is 1. The van der Waals surface area contributed by atoms with Crippen LogP contribution >= 0.6 is 12.2 Å². The maximum Gasteiger partial charge on any atom is 0.330 e. The van der Waals surface area contributed by atoms with E-state index in [-0.39, 0.29) is 11.7 Å². The molecule has 1 fully saturated rings. The number of nitrogens with zero attached hydrogens (tertiary/aromatic N) is 4. The fourth-order valence-corrected chi connectivity index (χ4v) is 4.37. The Bertz CT molecular complexity index is 1240. The molecule has 32 heavy (non-hydrogen) atoms. The first-order valence-corrected chi connectivity index (χ1v) is 11.3. The second kappa shape index (κ2) is 9.48. The molecule has 0 bridgehead atoms. The van der Waals surface area contributed by atoms with Gasteiger partial charge in [0.05, 0.1) is 12.1 Å². The number of aliphatic imine (C=N–C) groups is 1. The molecule has 1 aliphatic carbocycles. The van der Waals surface area contributed by atoms with Crippen LogP contribution in [-0.4, -0.2) is 20.0 Å². The zero-order valence-electron chi connectivity index (χ0n) is 18.4. The molecule has 8 heteroatoms. The molecule has 3 N–H and O–H groups in total. The van der Waals surface area contributed by atoms with Crippen LogP contribution in [0, 0.1) is 11.6 Å². The molecule has 0 saturated heterocycles. The molecule has 0 atom stereocenters. The summed E-state index contributed by atoms with van der Waals surface area (Å²) in [4.78, 5) is 22.2. The van der Waals surface area contributed by atoms with E-state index in [1.807, 2.05) is 55.6 Å². The van der Waals surface area contributed by atoms with Crippen LogP contribution in [0.3, 0.4) is 0 Å². The van der Waals surface area contributed by atoms with E-state index < -0.39 is 0 Å². The molecule has 3 aromatic rings. The van der Waals surface area contributed by atoms with E-state index in [1.54, 1.807) is 11.6 Å². The SMILES string of the molecule is Cc1ccc(CN=C(Nc2ccccc2)c2c(N)n(C3CCCC3)c(=O)n(C)c2=S)cn1. The first-order chi connectivity index (χ1) is 15.5. The van der Waals surface area contributed by atoms with Gasteiger partial charge in [0.25, 0.3) is 0 Å². The molecule has 1 saturated carbocycles. The molecule has 0 aliphatic heterocycles. The Morgan fingerprint density at radius 1 is 1.22 bits per heavy atom. The Morgan fingerprint density at radius 3 is 2.59 bits per heavy atom. The number of nitrogens with one attached hydrogen (secondary N) is 1. The Labute approximate surface area is 192 Å². The maximum atomic E-state index is 13.1. The summed E-state index contributed by atoms with van der Waals surface area (Å²) in [5, 5.41) is 3.38. The van der Waals surface area contributed by atoms with Gasteiger partial charge >= 0.3 is 5.69 Å². The van der Waals surface area contributed by atoms with E-state index in [2.05, 4.69) is 10.3 Å². The molecular weight excluding hydrogens is 420 g/mol. The number of nitrogen functional groups attached to an aromatic ring is 1. The number of anilines is 2. The van der Waals surface area contributed by atoms with Crippen molar-refractivity contribution in [3.8, 4) is 0 Å². The second-order valence-electron chi connectivity index (χ2n) is 8.18. The lowest BCUT2D eigenvalue weighted by Crippen LogP contribution is -2.36. The van der Waals surface area contributed by atoms with Crippen LogP contribution < -0.4 is 16.7 Å². The highest BCUT2D eigenvalue weighted by Gasteiger charge is 2.25. The number of hydrogen-bond donors (Lipinski definition) is 2. The smallest absolute Gasteiger partial charge is 0.330 e. The number of hydrogen-bond acceptors (Lipinski definition) is 5. The predicted octanol–water partition coefficient (Wildman–Crippen LogP) is 4.38. The molecule has 0 amide bonds. The van der Waals surface area contributed by atoms with Gasteiger partial charge in [-0.15, -0.1) is 0 Å². The minimum Gasteiger partial charge on any atom is -0.384 e. The summed E-state index contributed by atoms with van der Waals surface area (Å²) in [5.74, 6) is 0.913. The van der Waals surface area contributed by atoms with Gasteiger partial charge in [0.1, 0.15) is 16.3 Å². The second-order valence-corrected chi connectivity index (χ2v) is 8.57. The summed E-state index contributed by atoms with van der Waals surface area (Å²) in [6.45, 7) is 2.36. The third kappa shape index (κ3) is 4.50. The van der Waals surface area contributed by atoms with Crippen LogP contribution in [0.2, 0.25) is 0 Å². The van der Waals surface area contributed by atoms with Crippen molar-refractivity contribution in [3.63, 3.8) is 0 Å². The monoisotopic (exact) mass is 448 g/mol. The lowest BCUT2D eigenvalue weighted by Gasteiger charge is -2.22. The highest BCUT2D eigenvalue weighted by atomic mass is 32.1. The lowest BCUT2D eigenvalue weighted by molar-refractivity contribution is 0.482. The molecule has 2 aromatic heterocycles. The largest absolute Gasteiger partial charge is 0.384 e. The molecule has 0 spiro atoms. The van der Waals surface area contributed by atoms with Gasteiger partial charge in [0.15, 0.2) is 0 Å². The van der Waals surface area contributed by atoms with E-state index in [0.717, 1.165) is 42.6 Å². The van der Waals surface area contributed by atoms with Crippen molar-refractivity contribution in [2.24, 2.45) is 12.0 Å². The summed E-state index contributed by atoms with van der Waals surface area (Å²) < 4.78 is 3.56. The van der Waals surface area contributed by atoms with Crippen molar-refractivity contribution in [2.45, 2.75) is 45.2 Å². The average Bonchev–Trinajstić information content (AvgIpc) is 3.32. The van der Waals surface area contributed by atoms with Gasteiger partial charge in [-0.2, -0.15) is 0 Å². The number of rotatable bonds is 5. The fraction of sp³-hybridized carbons (Fsp3) is 0.333. The zero-order chi connectivity index (χ0) is 22.7. The minimum atomic E-state index is -0.176. The zero-order valence-corrected chi connectivity index (χ0v) is 19.2. The summed E-state index contributed by atoms with van der Waals surface area (Å²) in [6, 6.07) is 13.8. The minimum absolute atomic E-state index is 0.0855. The highest BCUT2D eigenvalue weighted by Crippen LogP contribution is 2.31. The van der Waals surface area contributed by atoms with Gasteiger partial charge in [0, 0.05) is 30.7 Å². The van der Waals surface area contributed by atoms with E-state index >= 15 is 0 Å². The molecular formula is C24H28N6OS. The molecule has 2 heterocycles. The Kier molecular flexibility index (Phi) is 6.50. The van der Waals surface area contributed by atoms with Crippen molar-refractivity contribution in [2.75, 3.05) is 11.1 Å². The molecule has 4 rings (SSSR count). The standard InChI is InChI=1S/C24H28N6OS/c1-16-12-13-17(14-26-16)15-27-22(28-18-8-4-3-5-9-18)20-21(25)30(19-10-6-7-11-19)24(31)29(2)23(20)32/h3-5,8-9,12-14,19H,6-7,10-11,15,25H2,1-2H3,(H,27,28). The number of para-hydroxylation sites is 1. The first-order valence-electron chi connectivity index (χ1n) is 10.8. The third-order valence-corrected chi connectivity index (χ3v) is 6.36. The van der Waals surface area contributed by atoms with Crippen molar-refractivity contribution < 1.29 is 0 Å². The average molecular weight is 449 g/mol. The Hall–Kier alpha value is -3.26. The van der Waals surface area contributed by atoms with E-state index in [1.165, 1.54) is 4.57 Å². The van der Waals surface area contributed by atoms with Crippen LogP contribution in [0.25, 0.3) is 0 Å². The van der Waals surface area contributed by atoms with E-state index in [0.29, 0.717) is 28.4 Å². The van der Waals surface area contributed by atoms with Crippen LogP contribution in [0.4, 0.5) is 11.5 Å². The normalized spacial score (nSPS) is 14.6. The number of nitrogens with two attached hydrogens (primary N) is 1. The van der Waals surface area contributed by atoms with E-state index in [9.17, 15) is 4.79 Å². The van der Waals surface area contributed by atoms with Crippen molar-refractivity contribution in [1.29, 1.82) is 0 Å². The number of benzene rings is 1. The van der Waals surface area contributed by atoms with Gasteiger partial charge in [-0.1, -0.05) is 49.3 Å². The fourth-order valence-electron chi connectivity index (χ4n) is 4.09. The van der Waals surface area contributed by atoms with Gasteiger partial charge in [0.2, 0.25) is 0 Å². The predicted molar refractivity (Wildman–Crippen MR) is 132 cm³/mol. The van der Waals surface area contributed by atoms with E-state index in [4.69, 9.17) is 22.9 Å². The number of amidine groups is 1. The molecule has 0 unspecified atom stereocenters. The summed E-state index contributed by atoms with van der Waals surface area (Å²) >= 11 is 5.68. The lowest BCUT2D eigenvalue weighted by atomic mass is 10.2. The third-order valence-electron chi connectivity index (χ3n) is 5.88. The van der Waals surface area contributed by atoms with Crippen molar-refractivity contribution in [3.05, 3.63) is 80.6 Å². The van der Waals surface area contributed by atoms with Crippen LogP contribution in [0.1, 0.15) is 48.5 Å². The van der Waals surface area contributed by atoms with Crippen LogP contribution in [-0.2, 0) is 13.6 Å². The number of aromatic nitrogens is 3. The van der Waals surface area contributed by atoms with Gasteiger partial charge in [-0.05, 0) is 43.5 Å². The summed E-state index contributed by atoms with van der Waals surface area (Å²) in [7, 11) is 1.70. The van der Waals surface area contributed by atoms with Crippen molar-refractivity contribution >= 4 is 29.6 Å². The molecule has 0 radical (unpaired) electrons. The summed E-state index contributed by atoms with van der Waals surface area (Å²) in [5.41, 5.74) is 9.82. The maximum absolute atomic E-state index is 13.1. The first kappa shape index (κ1) is 22.0. The molecule has 166 valence electrons. The Morgan fingerprint density at radius 2 is 1.94 bits per heavy atom. The Balaban J connectivity index is 1.84. The number of pyridine rings is 1. The van der Waals surface area contributed by atoms with Crippen LogP contribution in [0.15, 0.2) is 58.4 Å². The highest BCUT2D eigenvalue weighted by molar-refractivity contribution is 7.71.